The van der Waals surface area contributed by atoms with E-state index in [1.807, 2.05) is 12.1 Å². The highest BCUT2D eigenvalue weighted by Crippen LogP contribution is 2.23. The molecule has 0 fully saturated rings. The summed E-state index contributed by atoms with van der Waals surface area (Å²) in [7, 11) is 0. The number of anilines is 1. The molecule has 2 aromatic carbocycles. The Labute approximate surface area is 119 Å². The van der Waals surface area contributed by atoms with Gasteiger partial charge in [-0.25, -0.2) is 0 Å². The molecule has 1 heterocycles. The van der Waals surface area contributed by atoms with Gasteiger partial charge in [0.15, 0.2) is 0 Å². The molecule has 1 aromatic heterocycles. The quantitative estimate of drug-likeness (QED) is 0.587. The van der Waals surface area contributed by atoms with Gasteiger partial charge in [-0.1, -0.05) is 24.3 Å². The molecule has 0 saturated heterocycles. The van der Waals surface area contributed by atoms with Crippen molar-refractivity contribution in [2.75, 3.05) is 5.32 Å². The number of carbonyl (C=O) groups excluding carboxylic acids is 1. The van der Waals surface area contributed by atoms with E-state index in [0.717, 1.165) is 0 Å². The van der Waals surface area contributed by atoms with Crippen LogP contribution < -0.4 is 5.32 Å². The summed E-state index contributed by atoms with van der Waals surface area (Å²) in [5.74, 6) is -0.375. The van der Waals surface area contributed by atoms with Gasteiger partial charge < -0.3 is 9.73 Å². The molecule has 6 heteroatoms. The maximum Gasteiger partial charge on any atom is 0.271 e. The predicted octanol–water partition coefficient (Wildman–Crippen LogP) is 3.59. The Kier molecular flexibility index (Phi) is 3.12. The van der Waals surface area contributed by atoms with E-state index in [2.05, 4.69) is 5.32 Å². The molecule has 0 atom stereocenters. The molecule has 104 valence electrons. The van der Waals surface area contributed by atoms with Crippen LogP contribution >= 0.6 is 0 Å². The molecule has 0 aliphatic rings. The number of amides is 1. The number of nitrogens with one attached hydrogen (secondary N) is 1. The van der Waals surface area contributed by atoms with Crippen molar-refractivity contribution in [3.63, 3.8) is 0 Å². The fourth-order valence-electron chi connectivity index (χ4n) is 2.05. The third kappa shape index (κ3) is 2.46. The highest BCUT2D eigenvalue weighted by Gasteiger charge is 2.14. The number of nitrogens with zero attached hydrogens (tertiary/aromatic N) is 1. The standard InChI is InChI=1S/C15H10N2O4/c18-15(13-9-21-14-7-2-1-6-12(13)14)16-10-4-3-5-11(8-10)17(19)20/h1-9H,(H,16,18). The summed E-state index contributed by atoms with van der Waals surface area (Å²) >= 11 is 0. The van der Waals surface area contributed by atoms with Crippen molar-refractivity contribution in [3.8, 4) is 0 Å². The minimum Gasteiger partial charge on any atom is -0.463 e. The molecule has 6 nitrogen and oxygen atoms in total. The number of hydrogen-bond acceptors (Lipinski definition) is 4. The number of para-hydroxylation sites is 1. The Hall–Kier alpha value is -3.15. The van der Waals surface area contributed by atoms with E-state index < -0.39 is 4.92 Å². The van der Waals surface area contributed by atoms with Crippen LogP contribution in [0, 0.1) is 10.1 Å². The minimum absolute atomic E-state index is 0.0788. The fraction of sp³-hybridized carbons (Fsp3) is 0. The zero-order valence-corrected chi connectivity index (χ0v) is 10.8. The van der Waals surface area contributed by atoms with Crippen LogP contribution in [0.15, 0.2) is 59.2 Å². The first kappa shape index (κ1) is 12.9. The molecule has 0 radical (unpaired) electrons. The largest absolute Gasteiger partial charge is 0.463 e. The molecule has 1 N–H and O–H groups in total. The van der Waals surface area contributed by atoms with Crippen molar-refractivity contribution >= 4 is 28.3 Å². The SMILES string of the molecule is O=C(Nc1cccc([N+](=O)[O-])c1)c1coc2ccccc12. The van der Waals surface area contributed by atoms with E-state index in [1.165, 1.54) is 24.5 Å². The highest BCUT2D eigenvalue weighted by molar-refractivity contribution is 6.12. The first-order chi connectivity index (χ1) is 10.1. The monoisotopic (exact) mass is 282 g/mol. The van der Waals surface area contributed by atoms with E-state index in [1.54, 1.807) is 18.2 Å². The third-order valence-electron chi connectivity index (χ3n) is 3.04. The zero-order chi connectivity index (χ0) is 14.8. The summed E-state index contributed by atoms with van der Waals surface area (Å²) < 4.78 is 5.30. The lowest BCUT2D eigenvalue weighted by molar-refractivity contribution is -0.384. The van der Waals surface area contributed by atoms with Gasteiger partial charge >= 0.3 is 0 Å². The second kappa shape index (κ2) is 5.09. The summed E-state index contributed by atoms with van der Waals surface area (Å²) in [4.78, 5) is 22.4. The number of nitro benzene ring substituents is 1. The highest BCUT2D eigenvalue weighted by atomic mass is 16.6. The molecule has 0 saturated carbocycles. The third-order valence-corrected chi connectivity index (χ3v) is 3.04. The average Bonchev–Trinajstić information content (AvgIpc) is 2.91. The second-order valence-electron chi connectivity index (χ2n) is 4.41. The van der Waals surface area contributed by atoms with Crippen molar-refractivity contribution in [3.05, 3.63) is 70.5 Å². The number of nitro groups is 1. The molecular weight excluding hydrogens is 272 g/mol. The van der Waals surface area contributed by atoms with Crippen LogP contribution in [0.2, 0.25) is 0 Å². The molecule has 3 rings (SSSR count). The summed E-state index contributed by atoms with van der Waals surface area (Å²) in [5.41, 5.74) is 1.28. The Balaban J connectivity index is 1.90. The Morgan fingerprint density at radius 3 is 2.76 bits per heavy atom. The van der Waals surface area contributed by atoms with Gasteiger partial charge in [-0.2, -0.15) is 0 Å². The molecule has 0 aliphatic carbocycles. The van der Waals surface area contributed by atoms with Crippen LogP contribution in [-0.2, 0) is 0 Å². The average molecular weight is 282 g/mol. The van der Waals surface area contributed by atoms with Gasteiger partial charge in [-0.15, -0.1) is 0 Å². The van der Waals surface area contributed by atoms with Gasteiger partial charge in [0.2, 0.25) is 0 Å². The normalized spacial score (nSPS) is 10.5. The van der Waals surface area contributed by atoms with E-state index in [4.69, 9.17) is 4.42 Å². The Morgan fingerprint density at radius 2 is 1.95 bits per heavy atom. The lowest BCUT2D eigenvalue weighted by Gasteiger charge is -2.03. The molecule has 0 aliphatic heterocycles. The van der Waals surface area contributed by atoms with Crippen LogP contribution in [0.5, 0.6) is 0 Å². The molecule has 0 spiro atoms. The van der Waals surface area contributed by atoms with Crippen LogP contribution in [0.25, 0.3) is 11.0 Å². The van der Waals surface area contributed by atoms with Gasteiger partial charge in [0.05, 0.1) is 10.5 Å². The van der Waals surface area contributed by atoms with Gasteiger partial charge in [0.25, 0.3) is 11.6 Å². The fourth-order valence-corrected chi connectivity index (χ4v) is 2.05. The maximum atomic E-state index is 12.2. The van der Waals surface area contributed by atoms with Gasteiger partial charge in [0, 0.05) is 23.2 Å². The Bertz CT molecular complexity index is 838. The minimum atomic E-state index is -0.511. The van der Waals surface area contributed by atoms with Crippen LogP contribution in [-0.4, -0.2) is 10.8 Å². The van der Waals surface area contributed by atoms with Crippen LogP contribution in [0.4, 0.5) is 11.4 Å². The summed E-state index contributed by atoms with van der Waals surface area (Å²) in [5, 5.41) is 14.0. The maximum absolute atomic E-state index is 12.2. The van der Waals surface area contributed by atoms with Gasteiger partial charge in [-0.05, 0) is 12.1 Å². The van der Waals surface area contributed by atoms with Crippen molar-refractivity contribution in [1.29, 1.82) is 0 Å². The number of rotatable bonds is 3. The Morgan fingerprint density at radius 1 is 1.14 bits per heavy atom. The van der Waals surface area contributed by atoms with Gasteiger partial charge in [-0.3, -0.25) is 14.9 Å². The molecule has 3 aromatic rings. The molecule has 1 amide bonds. The van der Waals surface area contributed by atoms with Gasteiger partial charge in [0.1, 0.15) is 11.8 Å². The number of fused-ring (bicyclic) bond motifs is 1. The summed E-state index contributed by atoms with van der Waals surface area (Å²) in [6.45, 7) is 0. The van der Waals surface area contributed by atoms with Crippen molar-refractivity contribution < 1.29 is 14.1 Å². The first-order valence-electron chi connectivity index (χ1n) is 6.17. The van der Waals surface area contributed by atoms with Crippen molar-refractivity contribution in [2.24, 2.45) is 0 Å². The van der Waals surface area contributed by atoms with E-state index in [-0.39, 0.29) is 11.6 Å². The predicted molar refractivity (Wildman–Crippen MR) is 77.3 cm³/mol. The molecule has 0 unspecified atom stereocenters. The zero-order valence-electron chi connectivity index (χ0n) is 10.8. The molecule has 0 bridgehead atoms. The molecule has 21 heavy (non-hydrogen) atoms. The number of non-ortho nitro benzene ring substituents is 1. The number of furan rings is 1. The van der Waals surface area contributed by atoms with E-state index in [0.29, 0.717) is 22.2 Å². The van der Waals surface area contributed by atoms with Crippen LogP contribution in [0.3, 0.4) is 0 Å². The topological polar surface area (TPSA) is 85.4 Å². The molecular formula is C15H10N2O4. The van der Waals surface area contributed by atoms with E-state index in [9.17, 15) is 14.9 Å². The lowest BCUT2D eigenvalue weighted by atomic mass is 10.1. The number of carbonyl (C=O) groups is 1. The second-order valence-corrected chi connectivity index (χ2v) is 4.41. The number of benzene rings is 2. The van der Waals surface area contributed by atoms with E-state index >= 15 is 0 Å². The van der Waals surface area contributed by atoms with Crippen LogP contribution in [0.1, 0.15) is 10.4 Å². The summed E-state index contributed by atoms with van der Waals surface area (Å²) in [6, 6.07) is 12.9. The first-order valence-corrected chi connectivity index (χ1v) is 6.17. The smallest absolute Gasteiger partial charge is 0.271 e. The lowest BCUT2D eigenvalue weighted by Crippen LogP contribution is -2.11. The summed E-state index contributed by atoms with van der Waals surface area (Å²) in [6.07, 6.45) is 1.37. The number of hydrogen-bond donors (Lipinski definition) is 1. The van der Waals surface area contributed by atoms with Crippen molar-refractivity contribution in [1.82, 2.24) is 0 Å². The van der Waals surface area contributed by atoms with Crippen molar-refractivity contribution in [2.45, 2.75) is 0 Å².